The first kappa shape index (κ1) is 14.2. The van der Waals surface area contributed by atoms with Crippen LogP contribution in [0.1, 0.15) is 70.3 Å². The Bertz CT molecular complexity index is 412. The van der Waals surface area contributed by atoms with Gasteiger partial charge in [-0.25, -0.2) is 0 Å². The molecule has 0 N–H and O–H groups in total. The molecule has 0 unspecified atom stereocenters. The minimum Gasteiger partial charge on any atom is -0.0911 e. The zero-order valence-electron chi connectivity index (χ0n) is 12.3. The van der Waals surface area contributed by atoms with E-state index in [1.165, 1.54) is 63.4 Å². The van der Waals surface area contributed by atoms with Gasteiger partial charge < -0.3 is 0 Å². The smallest absolute Gasteiger partial charge is 0.0318 e. The third kappa shape index (κ3) is 4.43. The molecule has 1 aromatic rings. The summed E-state index contributed by atoms with van der Waals surface area (Å²) in [5.41, 5.74) is 1.49. The van der Waals surface area contributed by atoms with E-state index in [0.29, 0.717) is 5.41 Å². The SMILES string of the molecule is CCCCCC1(C#Cc2ccccc2)CCCCC1. The molecule has 2 rings (SSSR count). The fourth-order valence-corrected chi connectivity index (χ4v) is 3.11. The minimum atomic E-state index is 0.323. The molecule has 1 aromatic carbocycles. The van der Waals surface area contributed by atoms with Crippen LogP contribution in [0.15, 0.2) is 30.3 Å². The van der Waals surface area contributed by atoms with Crippen LogP contribution in [0.3, 0.4) is 0 Å². The molecule has 1 aliphatic rings. The van der Waals surface area contributed by atoms with Crippen molar-refractivity contribution in [1.82, 2.24) is 0 Å². The number of unbranched alkanes of at least 4 members (excludes halogenated alkanes) is 2. The third-order valence-corrected chi connectivity index (χ3v) is 4.32. The molecule has 0 bridgehead atoms. The van der Waals surface area contributed by atoms with Gasteiger partial charge in [0.1, 0.15) is 0 Å². The summed E-state index contributed by atoms with van der Waals surface area (Å²) in [6.45, 7) is 2.28. The number of rotatable bonds is 4. The van der Waals surface area contributed by atoms with E-state index in [9.17, 15) is 0 Å². The van der Waals surface area contributed by atoms with Crippen molar-refractivity contribution in [3.05, 3.63) is 35.9 Å². The van der Waals surface area contributed by atoms with E-state index in [-0.39, 0.29) is 0 Å². The highest BCUT2D eigenvalue weighted by atomic mass is 14.3. The first-order chi connectivity index (χ1) is 9.35. The van der Waals surface area contributed by atoms with Crippen molar-refractivity contribution < 1.29 is 0 Å². The summed E-state index contributed by atoms with van der Waals surface area (Å²) in [6.07, 6.45) is 12.1. The molecule has 0 aromatic heterocycles. The van der Waals surface area contributed by atoms with Crippen LogP contribution >= 0.6 is 0 Å². The van der Waals surface area contributed by atoms with Gasteiger partial charge in [0.05, 0.1) is 0 Å². The number of benzene rings is 1. The average Bonchev–Trinajstić information content (AvgIpc) is 2.48. The molecule has 0 nitrogen and oxygen atoms in total. The van der Waals surface area contributed by atoms with Gasteiger partial charge in [0, 0.05) is 11.0 Å². The first-order valence-electron chi connectivity index (χ1n) is 7.93. The van der Waals surface area contributed by atoms with Crippen molar-refractivity contribution in [1.29, 1.82) is 0 Å². The van der Waals surface area contributed by atoms with E-state index in [2.05, 4.69) is 49.1 Å². The summed E-state index contributed by atoms with van der Waals surface area (Å²) >= 11 is 0. The maximum Gasteiger partial charge on any atom is 0.0318 e. The molecule has 0 spiro atoms. The zero-order valence-corrected chi connectivity index (χ0v) is 12.3. The van der Waals surface area contributed by atoms with E-state index in [1.54, 1.807) is 0 Å². The van der Waals surface area contributed by atoms with Gasteiger partial charge in [0.2, 0.25) is 0 Å². The van der Waals surface area contributed by atoms with Crippen LogP contribution in [0, 0.1) is 17.3 Å². The number of hydrogen-bond donors (Lipinski definition) is 0. The molecule has 0 aliphatic heterocycles. The van der Waals surface area contributed by atoms with Crippen LogP contribution in [0.5, 0.6) is 0 Å². The standard InChI is InChI=1S/C19H26/c1-2-3-8-14-19(15-9-5-10-16-19)17-13-18-11-6-4-7-12-18/h4,6-7,11-12H,2-3,5,8-10,14-16H2,1H3. The monoisotopic (exact) mass is 254 g/mol. The molecule has 1 fully saturated rings. The molecular weight excluding hydrogens is 228 g/mol. The van der Waals surface area contributed by atoms with Crippen molar-refractivity contribution in [2.75, 3.05) is 0 Å². The van der Waals surface area contributed by atoms with Gasteiger partial charge in [-0.05, 0) is 31.4 Å². The Labute approximate surface area is 118 Å². The quantitative estimate of drug-likeness (QED) is 0.487. The van der Waals surface area contributed by atoms with Crippen LogP contribution in [0.2, 0.25) is 0 Å². The fraction of sp³-hybridized carbons (Fsp3) is 0.579. The van der Waals surface area contributed by atoms with Gasteiger partial charge in [-0.3, -0.25) is 0 Å². The highest BCUT2D eigenvalue weighted by Crippen LogP contribution is 2.40. The maximum atomic E-state index is 3.66. The highest BCUT2D eigenvalue weighted by Gasteiger charge is 2.29. The minimum absolute atomic E-state index is 0.323. The molecule has 102 valence electrons. The predicted molar refractivity (Wildman–Crippen MR) is 83.0 cm³/mol. The Morgan fingerprint density at radius 2 is 1.74 bits per heavy atom. The van der Waals surface area contributed by atoms with Crippen molar-refractivity contribution in [3.63, 3.8) is 0 Å². The first-order valence-corrected chi connectivity index (χ1v) is 7.93. The van der Waals surface area contributed by atoms with Crippen molar-refractivity contribution in [3.8, 4) is 11.8 Å². The Kier molecular flexibility index (Phi) is 5.52. The molecule has 0 heteroatoms. The molecule has 1 aliphatic carbocycles. The third-order valence-electron chi connectivity index (χ3n) is 4.32. The molecule has 0 amide bonds. The molecular formula is C19H26. The summed E-state index contributed by atoms with van der Waals surface area (Å²) in [7, 11) is 0. The Morgan fingerprint density at radius 1 is 1.00 bits per heavy atom. The van der Waals surface area contributed by atoms with Gasteiger partial charge in [-0.1, -0.05) is 75.5 Å². The lowest BCUT2D eigenvalue weighted by Gasteiger charge is -2.32. The van der Waals surface area contributed by atoms with Crippen molar-refractivity contribution in [2.24, 2.45) is 5.41 Å². The van der Waals surface area contributed by atoms with Crippen LogP contribution in [-0.4, -0.2) is 0 Å². The summed E-state index contributed by atoms with van der Waals surface area (Å²) in [5.74, 6) is 7.09. The lowest BCUT2D eigenvalue weighted by Crippen LogP contribution is -2.22. The molecule has 19 heavy (non-hydrogen) atoms. The molecule has 0 atom stereocenters. The summed E-state index contributed by atoms with van der Waals surface area (Å²) in [6, 6.07) is 10.5. The van der Waals surface area contributed by atoms with Crippen molar-refractivity contribution >= 4 is 0 Å². The largest absolute Gasteiger partial charge is 0.0911 e. The second-order valence-corrected chi connectivity index (χ2v) is 5.91. The predicted octanol–water partition coefficient (Wildman–Crippen LogP) is 5.57. The van der Waals surface area contributed by atoms with E-state index in [0.717, 1.165) is 0 Å². The lowest BCUT2D eigenvalue weighted by atomic mass is 9.71. The Morgan fingerprint density at radius 3 is 2.42 bits per heavy atom. The van der Waals surface area contributed by atoms with Crippen LogP contribution in [0.25, 0.3) is 0 Å². The Hall–Kier alpha value is -1.22. The van der Waals surface area contributed by atoms with Gasteiger partial charge in [0.15, 0.2) is 0 Å². The second kappa shape index (κ2) is 7.39. The second-order valence-electron chi connectivity index (χ2n) is 5.91. The Balaban J connectivity index is 2.07. The van der Waals surface area contributed by atoms with Gasteiger partial charge in [-0.2, -0.15) is 0 Å². The van der Waals surface area contributed by atoms with Crippen LogP contribution in [0.4, 0.5) is 0 Å². The van der Waals surface area contributed by atoms with E-state index in [1.807, 2.05) is 0 Å². The van der Waals surface area contributed by atoms with Gasteiger partial charge in [-0.15, -0.1) is 0 Å². The summed E-state index contributed by atoms with van der Waals surface area (Å²) < 4.78 is 0. The normalized spacial score (nSPS) is 17.5. The topological polar surface area (TPSA) is 0 Å². The molecule has 0 heterocycles. The summed E-state index contributed by atoms with van der Waals surface area (Å²) in [5, 5.41) is 0. The van der Waals surface area contributed by atoms with Crippen LogP contribution < -0.4 is 0 Å². The highest BCUT2D eigenvalue weighted by molar-refractivity contribution is 5.35. The maximum absolute atomic E-state index is 3.66. The van der Waals surface area contributed by atoms with Gasteiger partial charge in [0.25, 0.3) is 0 Å². The van der Waals surface area contributed by atoms with Gasteiger partial charge >= 0.3 is 0 Å². The van der Waals surface area contributed by atoms with Crippen LogP contribution in [-0.2, 0) is 0 Å². The molecule has 1 saturated carbocycles. The average molecular weight is 254 g/mol. The van der Waals surface area contributed by atoms with E-state index < -0.39 is 0 Å². The molecule has 0 saturated heterocycles. The van der Waals surface area contributed by atoms with E-state index in [4.69, 9.17) is 0 Å². The molecule has 0 radical (unpaired) electrons. The number of hydrogen-bond acceptors (Lipinski definition) is 0. The zero-order chi connectivity index (χ0) is 13.4. The lowest BCUT2D eigenvalue weighted by molar-refractivity contribution is 0.245. The van der Waals surface area contributed by atoms with E-state index >= 15 is 0 Å². The summed E-state index contributed by atoms with van der Waals surface area (Å²) in [4.78, 5) is 0. The fourth-order valence-electron chi connectivity index (χ4n) is 3.11. The van der Waals surface area contributed by atoms with Crippen molar-refractivity contribution in [2.45, 2.75) is 64.7 Å².